The summed E-state index contributed by atoms with van der Waals surface area (Å²) in [7, 11) is 1.35. The third kappa shape index (κ3) is 41.4. The number of nitrogens with one attached hydrogen (secondary N) is 2. The first-order valence-corrected chi connectivity index (χ1v) is 32.7. The monoisotopic (exact) mass is 1340 g/mol. The minimum atomic E-state index is -0.241. The number of nitrogens with zero attached hydrogens (tertiary/aromatic N) is 6. The van der Waals surface area contributed by atoms with Crippen molar-refractivity contribution in [2.75, 3.05) is 115 Å². The van der Waals surface area contributed by atoms with Crippen LogP contribution >= 0.6 is 164 Å². The summed E-state index contributed by atoms with van der Waals surface area (Å²) >= 11 is 27.5. The van der Waals surface area contributed by atoms with Gasteiger partial charge in [0.1, 0.15) is 40.5 Å². The number of amides is 1. The molecule has 0 bridgehead atoms. The van der Waals surface area contributed by atoms with E-state index >= 15 is 0 Å². The summed E-state index contributed by atoms with van der Waals surface area (Å²) in [5.74, 6) is 16.1. The number of aliphatic imine (C=N–C) groups is 2. The first-order valence-electron chi connectivity index (χ1n) is 21.6. The Bertz CT molecular complexity index is 1820. The molecule has 0 unspecified atom stereocenters. The van der Waals surface area contributed by atoms with Crippen molar-refractivity contribution in [1.29, 1.82) is 0 Å². The predicted molar refractivity (Wildman–Crippen MR) is 335 cm³/mol. The van der Waals surface area contributed by atoms with Crippen molar-refractivity contribution in [3.8, 4) is 0 Å². The van der Waals surface area contributed by atoms with Crippen molar-refractivity contribution in [2.45, 2.75) is 44.5 Å². The van der Waals surface area contributed by atoms with Crippen LogP contribution in [0.5, 0.6) is 0 Å². The number of aldehydes is 3. The van der Waals surface area contributed by atoms with Gasteiger partial charge in [-0.15, -0.1) is 36.6 Å². The van der Waals surface area contributed by atoms with Crippen LogP contribution in [0.3, 0.4) is 0 Å². The molecule has 6 aliphatic rings. The number of esters is 1. The summed E-state index contributed by atoms with van der Waals surface area (Å²) in [5.41, 5.74) is 11.6. The summed E-state index contributed by atoms with van der Waals surface area (Å²) in [4.78, 5) is 68.6. The number of thioether (sulfide) groups is 7. The van der Waals surface area contributed by atoms with Gasteiger partial charge in [-0.05, 0) is 36.0 Å². The van der Waals surface area contributed by atoms with Crippen molar-refractivity contribution in [3.63, 3.8) is 0 Å². The number of halogens is 4. The Morgan fingerprint density at radius 3 is 1.86 bits per heavy atom. The molecule has 0 radical (unpaired) electrons. The van der Waals surface area contributed by atoms with Crippen molar-refractivity contribution >= 4 is 210 Å². The van der Waals surface area contributed by atoms with Gasteiger partial charge in [-0.2, -0.15) is 83.2 Å². The largest absolute Gasteiger partial charge is 0.497 e. The first kappa shape index (κ1) is 75.5. The molecule has 2 aromatic heterocycles. The second kappa shape index (κ2) is 52.3. The number of alkyl halides is 1. The van der Waals surface area contributed by atoms with Gasteiger partial charge in [-0.25, -0.2) is 9.97 Å². The lowest BCUT2D eigenvalue weighted by atomic mass is 10.5. The van der Waals surface area contributed by atoms with Crippen LogP contribution in [0.2, 0.25) is 0 Å². The normalized spacial score (nSPS) is 15.9. The molecule has 8 heterocycles. The van der Waals surface area contributed by atoms with E-state index in [1.165, 1.54) is 29.9 Å². The van der Waals surface area contributed by atoms with Crippen molar-refractivity contribution < 1.29 is 33.4 Å². The molecule has 2 saturated heterocycles. The number of carbonyl (C=O) groups excluding carboxylic acids is 5. The molecule has 0 atom stereocenters. The minimum absolute atomic E-state index is 0. The number of thiol groups is 1. The highest BCUT2D eigenvalue weighted by Crippen LogP contribution is 2.19. The molecule has 0 aliphatic carbocycles. The van der Waals surface area contributed by atoms with Crippen molar-refractivity contribution in [1.82, 2.24) is 29.7 Å². The fourth-order valence-electron chi connectivity index (χ4n) is 4.66. The molecule has 6 aliphatic heterocycles. The van der Waals surface area contributed by atoms with Crippen LogP contribution in [-0.2, 0) is 48.5 Å². The van der Waals surface area contributed by atoms with Crippen molar-refractivity contribution in [3.05, 3.63) is 46.2 Å². The quantitative estimate of drug-likeness (QED) is 0.0354. The Hall–Kier alpha value is -0.760. The average molecular weight is 1350 g/mol. The Morgan fingerprint density at radius 2 is 1.50 bits per heavy atom. The molecule has 30 heteroatoms. The molecule has 2 aromatic rings. The van der Waals surface area contributed by atoms with Gasteiger partial charge in [-0.1, -0.05) is 28.1 Å². The number of rotatable bonds is 7. The second-order valence-corrected chi connectivity index (χ2v) is 23.6. The van der Waals surface area contributed by atoms with E-state index in [9.17, 15) is 24.0 Å². The van der Waals surface area contributed by atoms with Crippen LogP contribution in [0.1, 0.15) is 46.5 Å². The number of amidine groups is 1. The molecule has 1 amide bonds. The highest BCUT2D eigenvalue weighted by molar-refractivity contribution is 9.12. The maximum Gasteiger partial charge on any atom is 0.316 e. The molecule has 17 nitrogen and oxygen atoms in total. The molecule has 8 rings (SSSR count). The molecule has 0 saturated carbocycles. The third-order valence-electron chi connectivity index (χ3n) is 7.91. The summed E-state index contributed by atoms with van der Waals surface area (Å²) in [6.45, 7) is 10.2. The van der Waals surface area contributed by atoms with Gasteiger partial charge < -0.3 is 40.7 Å². The van der Waals surface area contributed by atoms with E-state index in [0.29, 0.717) is 34.5 Å². The fourth-order valence-corrected chi connectivity index (χ4v) is 10.7. The van der Waals surface area contributed by atoms with Crippen LogP contribution in [0.4, 0.5) is 0 Å². The lowest BCUT2D eigenvalue weighted by Crippen LogP contribution is -2.31. The van der Waals surface area contributed by atoms with Gasteiger partial charge in [0.05, 0.1) is 63.5 Å². The van der Waals surface area contributed by atoms with Gasteiger partial charge in [0.25, 0.3) is 0 Å². The Morgan fingerprint density at radius 1 is 0.903 bits per heavy atom. The molecule has 72 heavy (non-hydrogen) atoms. The first-order chi connectivity index (χ1) is 33.8. The molecular weight excluding hydrogens is 1280 g/mol. The lowest BCUT2D eigenvalue weighted by molar-refractivity contribution is -0.137. The summed E-state index contributed by atoms with van der Waals surface area (Å²) in [5, 5.41) is 7.40. The zero-order chi connectivity index (χ0) is 52.2. The third-order valence-corrected chi connectivity index (χ3v) is 16.1. The number of nitrogens with two attached hydrogens (primary N) is 2. The number of carbonyl (C=O) groups is 5. The number of allylic oxidation sites excluding steroid dienone is 1. The second-order valence-electron chi connectivity index (χ2n) is 13.7. The summed E-state index contributed by atoms with van der Waals surface area (Å²) in [6, 6.07) is 0. The van der Waals surface area contributed by atoms with E-state index in [1.807, 2.05) is 83.4 Å². The van der Waals surface area contributed by atoms with Crippen LogP contribution in [0, 0.1) is 0 Å². The standard InChI is InChI=1S/2C7H8N2OS.C6H9BrO2.C5H9NS2.C4H8N2S.C4H7NOS.C4H7NS2.C3H5BrO2.C2H7NS.2ClH/c10-4-6-3-9-1-2-11-5-7(9)8-6;10-4-6-3-8-7-5-11-2-1-9(6)7;1-5(2)9-4-6(7)3-8;1-7-5-4-8-3-2-6-5;5-4-3-7-2-1-6-4;2*6-4-3-7-2-1-5-4;1-6-3(5)2-4;3-1-2-4;;/h2*3-4H,1-2,5H2;3-5H,1-2H3;2-4H2,1H3;1-3H2,(H2,5,6);2*1-3H2,(H,5,6);2H2,1H3;4H,1-3H2;2*1H/b;;6-4-;;;;;;;;. The number of aromatic nitrogens is 4. The Kier molecular flexibility index (Phi) is 54.8. The highest BCUT2D eigenvalue weighted by Gasteiger charge is 2.13. The fraction of sp³-hybridized carbons (Fsp3) is 0.619. The number of thiocarbonyl (C=S) groups is 1. The van der Waals surface area contributed by atoms with E-state index < -0.39 is 0 Å². The van der Waals surface area contributed by atoms with Crippen LogP contribution in [-0.4, -0.2) is 187 Å². The van der Waals surface area contributed by atoms with Gasteiger partial charge in [-0.3, -0.25) is 34.0 Å². The molecule has 412 valence electrons. The van der Waals surface area contributed by atoms with E-state index in [1.54, 1.807) is 29.7 Å². The number of hydrogen-bond donors (Lipinski definition) is 5. The van der Waals surface area contributed by atoms with Gasteiger partial charge in [0.15, 0.2) is 18.9 Å². The zero-order valence-corrected chi connectivity index (χ0v) is 53.1. The van der Waals surface area contributed by atoms with Crippen LogP contribution in [0.15, 0.2) is 33.1 Å². The van der Waals surface area contributed by atoms with Gasteiger partial charge in [0.2, 0.25) is 5.91 Å². The summed E-state index contributed by atoms with van der Waals surface area (Å²) < 4.78 is 13.6. The topological polar surface area (TPSA) is 240 Å². The Balaban J connectivity index is -0.000000751. The van der Waals surface area contributed by atoms with E-state index in [-0.39, 0.29) is 48.1 Å². The van der Waals surface area contributed by atoms with Crippen LogP contribution < -0.4 is 22.1 Å². The zero-order valence-electron chi connectivity index (χ0n) is 40.9. The number of imidazole rings is 2. The van der Waals surface area contributed by atoms with E-state index in [2.05, 4.69) is 90.6 Å². The molecule has 0 spiro atoms. The lowest BCUT2D eigenvalue weighted by Gasteiger charge is -2.13. The minimum Gasteiger partial charge on any atom is -0.497 e. The number of fused-ring (bicyclic) bond motifs is 2. The molecule has 6 N–H and O–H groups in total. The molecule has 2 fully saturated rings. The number of hydrogen-bond acceptors (Lipinski definition) is 22. The SMILES string of the molecule is CC(C)O/C=C(\Br)C=O.COC(=O)CBr.CSC1=NCCSC1.Cl.Cl.NC1=NCCSC1.NCCS.O=C1CSCCN1.O=Cc1cn2c(n1)CSCC2.O=Cc1cnc2n1CCSC2.S=C1CSCCN1. The summed E-state index contributed by atoms with van der Waals surface area (Å²) in [6.07, 6.45) is 9.42. The number of methoxy groups -OCH3 is 1. The maximum atomic E-state index is 10.5. The molecular formula is C42H70Br2Cl2N10O7S9. The smallest absolute Gasteiger partial charge is 0.316 e. The van der Waals surface area contributed by atoms with Gasteiger partial charge in [0, 0.05) is 97.2 Å². The van der Waals surface area contributed by atoms with E-state index in [0.717, 1.165) is 132 Å². The maximum absolute atomic E-state index is 10.5. The van der Waals surface area contributed by atoms with Gasteiger partial charge >= 0.3 is 5.97 Å². The number of ether oxygens (including phenoxy) is 2. The average Bonchev–Trinajstić information content (AvgIpc) is 4.04. The predicted octanol–water partition coefficient (Wildman–Crippen LogP) is 7.09. The van der Waals surface area contributed by atoms with Crippen LogP contribution in [0.25, 0.3) is 0 Å². The molecule has 0 aromatic carbocycles. The number of aryl methyl sites for hydroxylation is 1. The highest BCUT2D eigenvalue weighted by atomic mass is 79.9. The Labute approximate surface area is 495 Å². The van der Waals surface area contributed by atoms with E-state index in [4.69, 9.17) is 28.4 Å². The van der Waals surface area contributed by atoms with Crippen molar-refractivity contribution in [2.24, 2.45) is 21.5 Å².